The first-order chi connectivity index (χ1) is 9.60. The van der Waals surface area contributed by atoms with Crippen LogP contribution in [0.25, 0.3) is 0 Å². The van der Waals surface area contributed by atoms with Gasteiger partial charge in [0.1, 0.15) is 18.2 Å². The molecule has 0 unspecified atom stereocenters. The van der Waals surface area contributed by atoms with Crippen molar-refractivity contribution in [1.29, 1.82) is 0 Å². The lowest BCUT2D eigenvalue weighted by molar-refractivity contribution is 0.306. The molecule has 0 bridgehead atoms. The van der Waals surface area contributed by atoms with Crippen molar-refractivity contribution in [3.05, 3.63) is 63.4 Å². The second kappa shape index (κ2) is 6.93. The molecule has 106 valence electrons. The van der Waals surface area contributed by atoms with Crippen LogP contribution in [0.2, 0.25) is 10.0 Å². The summed E-state index contributed by atoms with van der Waals surface area (Å²) in [6, 6.07) is 9.73. The highest BCUT2D eigenvalue weighted by Crippen LogP contribution is 2.27. The molecule has 0 heterocycles. The van der Waals surface area contributed by atoms with Crippen molar-refractivity contribution in [2.45, 2.75) is 13.0 Å². The summed E-state index contributed by atoms with van der Waals surface area (Å²) >= 11 is 12.1. The largest absolute Gasteiger partial charge is 0.487 e. The molecule has 2 aromatic carbocycles. The van der Waals surface area contributed by atoms with Crippen molar-refractivity contribution < 1.29 is 9.13 Å². The van der Waals surface area contributed by atoms with Gasteiger partial charge < -0.3 is 10.5 Å². The average molecular weight is 314 g/mol. The number of nitrogens with two attached hydrogens (primary N) is 1. The van der Waals surface area contributed by atoms with Crippen LogP contribution in [-0.4, -0.2) is 6.54 Å². The molecule has 0 aliphatic carbocycles. The molecule has 2 aromatic rings. The Bertz CT molecular complexity index is 604. The van der Waals surface area contributed by atoms with Crippen LogP contribution in [0.5, 0.6) is 5.75 Å². The predicted molar refractivity (Wildman–Crippen MR) is 80.0 cm³/mol. The zero-order valence-corrected chi connectivity index (χ0v) is 12.2. The molecule has 0 saturated carbocycles. The van der Waals surface area contributed by atoms with E-state index in [0.717, 1.165) is 12.0 Å². The van der Waals surface area contributed by atoms with Crippen molar-refractivity contribution in [2.24, 2.45) is 5.73 Å². The van der Waals surface area contributed by atoms with Crippen molar-refractivity contribution in [3.8, 4) is 5.75 Å². The Kier molecular flexibility index (Phi) is 5.24. The Morgan fingerprint density at radius 2 is 1.85 bits per heavy atom. The summed E-state index contributed by atoms with van der Waals surface area (Å²) in [5.41, 5.74) is 7.26. The SMILES string of the molecule is NCCc1ccc(OCc2ccc(F)cc2Cl)c(Cl)c1. The van der Waals surface area contributed by atoms with Gasteiger partial charge in [0.05, 0.1) is 10.0 Å². The van der Waals surface area contributed by atoms with Gasteiger partial charge in [0.15, 0.2) is 0 Å². The molecule has 5 heteroatoms. The van der Waals surface area contributed by atoms with Crippen molar-refractivity contribution >= 4 is 23.2 Å². The van der Waals surface area contributed by atoms with Gasteiger partial charge in [-0.1, -0.05) is 35.3 Å². The molecule has 20 heavy (non-hydrogen) atoms. The van der Waals surface area contributed by atoms with E-state index in [1.54, 1.807) is 12.1 Å². The van der Waals surface area contributed by atoms with Gasteiger partial charge in [-0.3, -0.25) is 0 Å². The van der Waals surface area contributed by atoms with Crippen LogP contribution in [0.4, 0.5) is 4.39 Å². The molecule has 2 N–H and O–H groups in total. The molecule has 2 nitrogen and oxygen atoms in total. The summed E-state index contributed by atoms with van der Waals surface area (Å²) in [4.78, 5) is 0. The molecular weight excluding hydrogens is 300 g/mol. The van der Waals surface area contributed by atoms with Gasteiger partial charge in [-0.2, -0.15) is 0 Å². The highest BCUT2D eigenvalue weighted by molar-refractivity contribution is 6.32. The number of benzene rings is 2. The topological polar surface area (TPSA) is 35.2 Å². The molecule has 0 spiro atoms. The van der Waals surface area contributed by atoms with Crippen molar-refractivity contribution in [1.82, 2.24) is 0 Å². The third kappa shape index (κ3) is 3.85. The summed E-state index contributed by atoms with van der Waals surface area (Å²) < 4.78 is 18.5. The smallest absolute Gasteiger partial charge is 0.138 e. The highest BCUT2D eigenvalue weighted by Gasteiger charge is 2.06. The highest BCUT2D eigenvalue weighted by atomic mass is 35.5. The summed E-state index contributed by atoms with van der Waals surface area (Å²) in [5, 5.41) is 0.857. The lowest BCUT2D eigenvalue weighted by Crippen LogP contribution is -2.03. The Morgan fingerprint density at radius 3 is 2.50 bits per heavy atom. The van der Waals surface area contributed by atoms with E-state index in [9.17, 15) is 4.39 Å². The van der Waals surface area contributed by atoms with Gasteiger partial charge >= 0.3 is 0 Å². The van der Waals surface area contributed by atoms with Crippen LogP contribution in [0.15, 0.2) is 36.4 Å². The van der Waals surface area contributed by atoms with E-state index >= 15 is 0 Å². The molecule has 0 aliphatic heterocycles. The van der Waals surface area contributed by atoms with E-state index in [1.165, 1.54) is 12.1 Å². The van der Waals surface area contributed by atoms with Gasteiger partial charge in [-0.15, -0.1) is 0 Å². The molecule has 0 radical (unpaired) electrons. The number of hydrogen-bond donors (Lipinski definition) is 1. The first-order valence-corrected chi connectivity index (χ1v) is 6.91. The summed E-state index contributed by atoms with van der Waals surface area (Å²) in [6.45, 7) is 0.802. The van der Waals surface area contributed by atoms with Gasteiger partial charge in [-0.25, -0.2) is 4.39 Å². The maximum atomic E-state index is 12.9. The van der Waals surface area contributed by atoms with E-state index < -0.39 is 0 Å². The molecule has 0 aromatic heterocycles. The predicted octanol–water partition coefficient (Wildman–Crippen LogP) is 4.21. The first-order valence-electron chi connectivity index (χ1n) is 6.15. The van der Waals surface area contributed by atoms with Crippen LogP contribution in [0.1, 0.15) is 11.1 Å². The van der Waals surface area contributed by atoms with Crippen LogP contribution in [0, 0.1) is 5.82 Å². The molecule has 0 amide bonds. The number of ether oxygens (including phenoxy) is 1. The molecule has 0 saturated heterocycles. The summed E-state index contributed by atoms with van der Waals surface area (Å²) in [7, 11) is 0. The van der Waals surface area contributed by atoms with E-state index in [0.29, 0.717) is 27.9 Å². The fourth-order valence-electron chi connectivity index (χ4n) is 1.78. The summed E-state index contributed by atoms with van der Waals surface area (Å²) in [5.74, 6) is 0.191. The zero-order chi connectivity index (χ0) is 14.5. The Balaban J connectivity index is 2.07. The molecule has 0 fully saturated rings. The van der Waals surface area contributed by atoms with Crippen LogP contribution >= 0.6 is 23.2 Å². The average Bonchev–Trinajstić information content (AvgIpc) is 2.40. The normalized spacial score (nSPS) is 10.6. The van der Waals surface area contributed by atoms with Crippen LogP contribution in [-0.2, 0) is 13.0 Å². The zero-order valence-electron chi connectivity index (χ0n) is 10.7. The second-order valence-electron chi connectivity index (χ2n) is 4.33. The van der Waals surface area contributed by atoms with Crippen molar-refractivity contribution in [3.63, 3.8) is 0 Å². The minimum Gasteiger partial charge on any atom is -0.487 e. The van der Waals surface area contributed by atoms with Crippen molar-refractivity contribution in [2.75, 3.05) is 6.54 Å². The molecule has 2 rings (SSSR count). The second-order valence-corrected chi connectivity index (χ2v) is 5.14. The minimum atomic E-state index is -0.372. The van der Waals surface area contributed by atoms with E-state index in [-0.39, 0.29) is 12.4 Å². The number of halogens is 3. The van der Waals surface area contributed by atoms with Gasteiger partial charge in [-0.05, 0) is 42.8 Å². The monoisotopic (exact) mass is 313 g/mol. The quantitative estimate of drug-likeness (QED) is 0.897. The number of rotatable bonds is 5. The Hall–Kier alpha value is -1.29. The Labute approximate surface area is 127 Å². The first kappa shape index (κ1) is 15.1. The van der Waals surface area contributed by atoms with E-state index in [1.807, 2.05) is 12.1 Å². The van der Waals surface area contributed by atoms with Gasteiger partial charge in [0, 0.05) is 5.56 Å². The molecule has 0 aliphatic rings. The standard InChI is InChI=1S/C15H14Cl2FNO/c16-13-8-12(18)3-2-11(13)9-20-15-4-1-10(5-6-19)7-14(15)17/h1-4,7-8H,5-6,9,19H2. The third-order valence-corrected chi connectivity index (χ3v) is 3.47. The van der Waals surface area contributed by atoms with Gasteiger partial charge in [0.2, 0.25) is 0 Å². The van der Waals surface area contributed by atoms with Gasteiger partial charge in [0.25, 0.3) is 0 Å². The maximum absolute atomic E-state index is 12.9. The maximum Gasteiger partial charge on any atom is 0.138 e. The minimum absolute atomic E-state index is 0.231. The van der Waals surface area contributed by atoms with Crippen LogP contribution in [0.3, 0.4) is 0 Å². The van der Waals surface area contributed by atoms with E-state index in [2.05, 4.69) is 0 Å². The fourth-order valence-corrected chi connectivity index (χ4v) is 2.26. The molecular formula is C15H14Cl2FNO. The lowest BCUT2D eigenvalue weighted by Gasteiger charge is -2.10. The third-order valence-electron chi connectivity index (χ3n) is 2.83. The van der Waals surface area contributed by atoms with Crippen LogP contribution < -0.4 is 10.5 Å². The van der Waals surface area contributed by atoms with E-state index in [4.69, 9.17) is 33.7 Å². The fraction of sp³-hybridized carbons (Fsp3) is 0.200. The molecule has 0 atom stereocenters. The number of hydrogen-bond acceptors (Lipinski definition) is 2. The summed E-state index contributed by atoms with van der Waals surface area (Å²) in [6.07, 6.45) is 0.768. The lowest BCUT2D eigenvalue weighted by atomic mass is 10.1. The Morgan fingerprint density at radius 1 is 1.05 bits per heavy atom.